The van der Waals surface area contributed by atoms with Crippen molar-refractivity contribution in [3.63, 3.8) is 0 Å². The van der Waals surface area contributed by atoms with Crippen molar-refractivity contribution in [3.05, 3.63) is 0 Å². The maximum Gasteiger partial charge on any atom is 0.326 e. The highest BCUT2D eigenvalue weighted by molar-refractivity contribution is 5.84. The Labute approximate surface area is 121 Å². The van der Waals surface area contributed by atoms with Gasteiger partial charge in [0.25, 0.3) is 0 Å². The minimum absolute atomic E-state index is 0.137. The number of likely N-dealkylation sites (tertiary alicyclic amines) is 1. The molecule has 0 spiro atoms. The molecule has 1 heterocycles. The first-order valence-electron chi connectivity index (χ1n) is 7.76. The number of aliphatic hydroxyl groups is 1. The second-order valence-electron chi connectivity index (χ2n) is 5.66. The van der Waals surface area contributed by atoms with E-state index in [4.69, 9.17) is 5.11 Å². The highest BCUT2D eigenvalue weighted by atomic mass is 16.4. The van der Waals surface area contributed by atoms with E-state index in [9.17, 15) is 14.7 Å². The zero-order chi connectivity index (χ0) is 15.0. The van der Waals surface area contributed by atoms with Gasteiger partial charge in [-0.25, -0.2) is 4.79 Å². The Morgan fingerprint density at radius 2 is 1.70 bits per heavy atom. The third-order valence-electron chi connectivity index (χ3n) is 3.88. The lowest BCUT2D eigenvalue weighted by Crippen LogP contribution is -2.40. The summed E-state index contributed by atoms with van der Waals surface area (Å²) in [6.45, 7) is 2.34. The van der Waals surface area contributed by atoms with Crippen LogP contribution in [0.3, 0.4) is 0 Å². The lowest BCUT2D eigenvalue weighted by atomic mass is 10.1. The molecule has 116 valence electrons. The summed E-state index contributed by atoms with van der Waals surface area (Å²) in [4.78, 5) is 24.3. The second-order valence-corrected chi connectivity index (χ2v) is 5.66. The van der Waals surface area contributed by atoms with Crippen LogP contribution in [0.1, 0.15) is 64.7 Å². The van der Waals surface area contributed by atoms with Gasteiger partial charge in [-0.05, 0) is 6.42 Å². The molecule has 2 atom stereocenters. The van der Waals surface area contributed by atoms with Crippen LogP contribution >= 0.6 is 0 Å². The van der Waals surface area contributed by atoms with Gasteiger partial charge in [-0.3, -0.25) is 4.79 Å². The zero-order valence-corrected chi connectivity index (χ0v) is 12.4. The minimum atomic E-state index is -1.02. The molecule has 1 saturated heterocycles. The molecule has 0 aromatic carbocycles. The second kappa shape index (κ2) is 8.95. The molecule has 0 saturated carbocycles. The quantitative estimate of drug-likeness (QED) is 0.636. The molecule has 2 N–H and O–H groups in total. The number of carbonyl (C=O) groups excluding carboxylic acids is 1. The number of hydrogen-bond donors (Lipinski definition) is 2. The van der Waals surface area contributed by atoms with Crippen molar-refractivity contribution < 1.29 is 19.8 Å². The summed E-state index contributed by atoms with van der Waals surface area (Å²) in [6.07, 6.45) is 7.77. The minimum Gasteiger partial charge on any atom is -0.480 e. The molecule has 0 aromatic rings. The van der Waals surface area contributed by atoms with E-state index in [1.54, 1.807) is 0 Å². The topological polar surface area (TPSA) is 77.8 Å². The molecule has 2 unspecified atom stereocenters. The number of carbonyl (C=O) groups is 2. The highest BCUT2D eigenvalue weighted by Crippen LogP contribution is 2.20. The molecule has 0 bridgehead atoms. The summed E-state index contributed by atoms with van der Waals surface area (Å²) < 4.78 is 0. The van der Waals surface area contributed by atoms with Crippen LogP contribution in [0.4, 0.5) is 0 Å². The van der Waals surface area contributed by atoms with Gasteiger partial charge in [0.1, 0.15) is 6.04 Å². The Morgan fingerprint density at radius 3 is 2.30 bits per heavy atom. The van der Waals surface area contributed by atoms with Crippen molar-refractivity contribution in [2.45, 2.75) is 76.9 Å². The lowest BCUT2D eigenvalue weighted by molar-refractivity contribution is -0.148. The van der Waals surface area contributed by atoms with Crippen molar-refractivity contribution in [3.8, 4) is 0 Å². The van der Waals surface area contributed by atoms with Crippen LogP contribution in [0.5, 0.6) is 0 Å². The zero-order valence-electron chi connectivity index (χ0n) is 12.4. The monoisotopic (exact) mass is 285 g/mol. The first kappa shape index (κ1) is 17.0. The van der Waals surface area contributed by atoms with E-state index in [1.165, 1.54) is 30.6 Å². The van der Waals surface area contributed by atoms with Crippen molar-refractivity contribution in [1.29, 1.82) is 0 Å². The Hall–Kier alpha value is -1.10. The molecule has 5 nitrogen and oxygen atoms in total. The number of nitrogens with zero attached hydrogens (tertiary/aromatic N) is 1. The molecule has 1 aliphatic rings. The van der Waals surface area contributed by atoms with Crippen molar-refractivity contribution in [2.75, 3.05) is 6.54 Å². The third-order valence-corrected chi connectivity index (χ3v) is 3.88. The summed E-state index contributed by atoms with van der Waals surface area (Å²) in [5, 5.41) is 18.5. The number of amides is 1. The number of aliphatic hydroxyl groups excluding tert-OH is 1. The van der Waals surface area contributed by atoms with Crippen LogP contribution in [-0.4, -0.2) is 45.7 Å². The Morgan fingerprint density at radius 1 is 1.10 bits per heavy atom. The summed E-state index contributed by atoms with van der Waals surface area (Å²) in [5.74, 6) is -1.16. The van der Waals surface area contributed by atoms with Crippen molar-refractivity contribution in [1.82, 2.24) is 4.90 Å². The van der Waals surface area contributed by atoms with Gasteiger partial charge in [0.05, 0.1) is 6.10 Å². The van der Waals surface area contributed by atoms with Gasteiger partial charge >= 0.3 is 5.97 Å². The Bertz CT molecular complexity index is 319. The van der Waals surface area contributed by atoms with Crippen LogP contribution in [0.15, 0.2) is 0 Å². The number of β-amino-alcohol motifs (C(OH)–C–C–N with tert-alkyl or cyclic N) is 1. The normalized spacial score (nSPS) is 22.2. The molecule has 20 heavy (non-hydrogen) atoms. The van der Waals surface area contributed by atoms with Crippen LogP contribution in [0.25, 0.3) is 0 Å². The van der Waals surface area contributed by atoms with Crippen molar-refractivity contribution in [2.24, 2.45) is 0 Å². The number of carboxylic acids is 1. The van der Waals surface area contributed by atoms with E-state index >= 15 is 0 Å². The molecule has 1 rings (SSSR count). The number of carboxylic acid groups (broad SMARTS) is 1. The van der Waals surface area contributed by atoms with Gasteiger partial charge in [0, 0.05) is 19.4 Å². The molecule has 0 aliphatic carbocycles. The predicted octanol–water partition coefficient (Wildman–Crippen LogP) is 2.17. The smallest absolute Gasteiger partial charge is 0.326 e. The number of rotatable bonds is 9. The number of aliphatic carboxylic acids is 1. The van der Waals surface area contributed by atoms with Gasteiger partial charge < -0.3 is 15.1 Å². The lowest BCUT2D eigenvalue weighted by Gasteiger charge is -2.21. The summed E-state index contributed by atoms with van der Waals surface area (Å²) in [7, 11) is 0. The van der Waals surface area contributed by atoms with Crippen LogP contribution in [-0.2, 0) is 9.59 Å². The number of hydrogen-bond acceptors (Lipinski definition) is 3. The Balaban J connectivity index is 2.20. The maximum absolute atomic E-state index is 12.0. The molecule has 0 radical (unpaired) electrons. The molecule has 5 heteroatoms. The molecule has 1 aliphatic heterocycles. The third kappa shape index (κ3) is 5.49. The van der Waals surface area contributed by atoms with E-state index in [1.807, 2.05) is 0 Å². The largest absolute Gasteiger partial charge is 0.480 e. The van der Waals surface area contributed by atoms with Crippen LogP contribution in [0.2, 0.25) is 0 Å². The summed E-state index contributed by atoms with van der Waals surface area (Å²) in [6, 6.07) is -0.845. The van der Waals surface area contributed by atoms with Gasteiger partial charge in [-0.1, -0.05) is 45.4 Å². The maximum atomic E-state index is 12.0. The van der Waals surface area contributed by atoms with Gasteiger partial charge in [0.15, 0.2) is 0 Å². The fraction of sp³-hybridized carbons (Fsp3) is 0.867. The molecular formula is C15H27NO4. The number of unbranched alkanes of at least 4 members (excludes halogenated alkanes) is 6. The van der Waals surface area contributed by atoms with Gasteiger partial charge in [-0.15, -0.1) is 0 Å². The first-order valence-corrected chi connectivity index (χ1v) is 7.76. The van der Waals surface area contributed by atoms with E-state index in [0.717, 1.165) is 19.3 Å². The molecule has 1 fully saturated rings. The fourth-order valence-corrected chi connectivity index (χ4v) is 2.70. The van der Waals surface area contributed by atoms with E-state index in [0.29, 0.717) is 6.42 Å². The van der Waals surface area contributed by atoms with E-state index in [2.05, 4.69) is 6.92 Å². The standard InChI is InChI=1S/C15H27NO4/c1-2-3-4-5-6-7-8-9-14(18)16-11-12(17)10-13(16)15(19)20/h12-13,17H,2-11H2,1H3,(H,19,20). The average Bonchev–Trinajstić information content (AvgIpc) is 2.80. The SMILES string of the molecule is CCCCCCCCCC(=O)N1CC(O)CC1C(=O)O. The van der Waals surface area contributed by atoms with Crippen molar-refractivity contribution >= 4 is 11.9 Å². The van der Waals surface area contributed by atoms with E-state index in [-0.39, 0.29) is 18.9 Å². The molecule has 0 aromatic heterocycles. The molecular weight excluding hydrogens is 258 g/mol. The average molecular weight is 285 g/mol. The van der Waals surface area contributed by atoms with Crippen LogP contribution < -0.4 is 0 Å². The van der Waals surface area contributed by atoms with E-state index < -0.39 is 18.1 Å². The van der Waals surface area contributed by atoms with Gasteiger partial charge in [-0.2, -0.15) is 0 Å². The fourth-order valence-electron chi connectivity index (χ4n) is 2.70. The Kier molecular flexibility index (Phi) is 7.59. The first-order chi connectivity index (χ1) is 9.56. The van der Waals surface area contributed by atoms with Crippen LogP contribution in [0, 0.1) is 0 Å². The summed E-state index contributed by atoms with van der Waals surface area (Å²) >= 11 is 0. The highest BCUT2D eigenvalue weighted by Gasteiger charge is 2.38. The predicted molar refractivity (Wildman–Crippen MR) is 76.4 cm³/mol. The summed E-state index contributed by atoms with van der Waals surface area (Å²) in [5.41, 5.74) is 0. The van der Waals surface area contributed by atoms with Gasteiger partial charge in [0.2, 0.25) is 5.91 Å². The molecule has 1 amide bonds.